The van der Waals surface area contributed by atoms with Gasteiger partial charge in [-0.25, -0.2) is 4.39 Å². The van der Waals surface area contributed by atoms with Gasteiger partial charge in [-0.1, -0.05) is 11.8 Å². The van der Waals surface area contributed by atoms with Crippen molar-refractivity contribution in [3.8, 4) is 11.8 Å². The smallest absolute Gasteiger partial charge is 0.233 e. The van der Waals surface area contributed by atoms with Crippen molar-refractivity contribution < 1.29 is 14.0 Å². The Hall–Kier alpha value is -2.19. The van der Waals surface area contributed by atoms with E-state index in [4.69, 9.17) is 0 Å². The Bertz CT molecular complexity index is 668. The minimum atomic E-state index is -0.491. The number of nitrogens with one attached hydrogen (secondary N) is 1. The molecular formula is C18H19FN2O2. The first-order valence-electron chi connectivity index (χ1n) is 8.03. The zero-order chi connectivity index (χ0) is 16.2. The van der Waals surface area contributed by atoms with Crippen molar-refractivity contribution in [2.45, 2.75) is 32.1 Å². The summed E-state index contributed by atoms with van der Waals surface area (Å²) in [5.41, 5.74) is 0.605. The van der Waals surface area contributed by atoms with Gasteiger partial charge in [-0.2, -0.15) is 0 Å². The first-order chi connectivity index (χ1) is 11.1. The van der Waals surface area contributed by atoms with Crippen LogP contribution in [0.5, 0.6) is 0 Å². The average molecular weight is 314 g/mol. The van der Waals surface area contributed by atoms with Crippen LogP contribution in [0, 0.1) is 23.6 Å². The third kappa shape index (κ3) is 3.59. The summed E-state index contributed by atoms with van der Waals surface area (Å²) >= 11 is 0. The number of hydrogen-bond acceptors (Lipinski definition) is 3. The van der Waals surface area contributed by atoms with E-state index < -0.39 is 5.82 Å². The minimum Gasteiger partial charge on any atom is -0.317 e. The summed E-state index contributed by atoms with van der Waals surface area (Å²) in [6, 6.07) is 4.37. The first-order valence-corrected chi connectivity index (χ1v) is 8.03. The van der Waals surface area contributed by atoms with Gasteiger partial charge in [0.1, 0.15) is 5.82 Å². The predicted octanol–water partition coefficient (Wildman–Crippen LogP) is 2.22. The van der Waals surface area contributed by atoms with Crippen LogP contribution in [0.15, 0.2) is 18.2 Å². The summed E-state index contributed by atoms with van der Waals surface area (Å²) < 4.78 is 14.2. The van der Waals surface area contributed by atoms with Crippen LogP contribution in [0.1, 0.15) is 37.7 Å². The van der Waals surface area contributed by atoms with E-state index in [9.17, 15) is 14.0 Å². The molecule has 2 fully saturated rings. The molecule has 4 nitrogen and oxygen atoms in total. The van der Waals surface area contributed by atoms with Crippen molar-refractivity contribution in [3.63, 3.8) is 0 Å². The summed E-state index contributed by atoms with van der Waals surface area (Å²) in [6.45, 7) is 1.89. The Morgan fingerprint density at radius 1 is 1.13 bits per heavy atom. The van der Waals surface area contributed by atoms with E-state index >= 15 is 0 Å². The first kappa shape index (κ1) is 15.7. The number of piperidine rings is 2. The van der Waals surface area contributed by atoms with Gasteiger partial charge in [0.2, 0.25) is 11.8 Å². The van der Waals surface area contributed by atoms with Crippen LogP contribution in [0.2, 0.25) is 0 Å². The van der Waals surface area contributed by atoms with Crippen LogP contribution in [-0.2, 0) is 9.59 Å². The normalized spacial score (nSPS) is 19.4. The van der Waals surface area contributed by atoms with Crippen molar-refractivity contribution in [3.05, 3.63) is 29.6 Å². The van der Waals surface area contributed by atoms with E-state index in [-0.39, 0.29) is 11.8 Å². The van der Waals surface area contributed by atoms with Crippen LogP contribution in [0.3, 0.4) is 0 Å². The fourth-order valence-electron chi connectivity index (χ4n) is 2.93. The maximum atomic E-state index is 14.2. The zero-order valence-electron chi connectivity index (χ0n) is 12.9. The number of rotatable bonds is 1. The van der Waals surface area contributed by atoms with Crippen molar-refractivity contribution in [1.82, 2.24) is 5.32 Å². The molecule has 1 aromatic carbocycles. The van der Waals surface area contributed by atoms with E-state index in [1.807, 2.05) is 0 Å². The lowest BCUT2D eigenvalue weighted by molar-refractivity contribution is -0.129. The van der Waals surface area contributed by atoms with Gasteiger partial charge < -0.3 is 5.32 Å². The fraction of sp³-hybridized carbons (Fsp3) is 0.444. The molecule has 2 heterocycles. The number of carbonyl (C=O) groups is 2. The summed E-state index contributed by atoms with van der Waals surface area (Å²) in [4.78, 5) is 24.8. The summed E-state index contributed by atoms with van der Waals surface area (Å²) in [5, 5.41) is 3.27. The molecule has 2 amide bonds. The number of carbonyl (C=O) groups excluding carboxylic acids is 2. The topological polar surface area (TPSA) is 49.4 Å². The third-order valence-corrected chi connectivity index (χ3v) is 4.24. The van der Waals surface area contributed by atoms with Gasteiger partial charge in [0.15, 0.2) is 0 Å². The molecule has 5 heteroatoms. The largest absolute Gasteiger partial charge is 0.317 e. The maximum absolute atomic E-state index is 14.2. The number of hydrogen-bond donors (Lipinski definition) is 1. The molecule has 0 unspecified atom stereocenters. The van der Waals surface area contributed by atoms with E-state index in [1.54, 1.807) is 12.1 Å². The molecule has 0 aliphatic carbocycles. The Balaban J connectivity index is 1.79. The second kappa shape index (κ2) is 6.93. The molecule has 3 rings (SSSR count). The van der Waals surface area contributed by atoms with E-state index in [1.165, 1.54) is 6.07 Å². The van der Waals surface area contributed by atoms with Crippen LogP contribution in [-0.4, -0.2) is 24.9 Å². The van der Waals surface area contributed by atoms with E-state index in [0.29, 0.717) is 36.4 Å². The van der Waals surface area contributed by atoms with Gasteiger partial charge in [-0.15, -0.1) is 0 Å². The molecule has 1 aromatic rings. The minimum absolute atomic E-state index is 0.269. The molecule has 23 heavy (non-hydrogen) atoms. The summed E-state index contributed by atoms with van der Waals surface area (Å²) in [6.07, 6.45) is 3.17. The molecule has 0 atom stereocenters. The molecule has 120 valence electrons. The summed E-state index contributed by atoms with van der Waals surface area (Å²) in [7, 11) is 0. The maximum Gasteiger partial charge on any atom is 0.233 e. The summed E-state index contributed by atoms with van der Waals surface area (Å²) in [5.74, 6) is 5.27. The standard InChI is InChI=1S/C18H19FN2O2/c19-16-12-15(21-17(22)2-1-3-18(21)23)7-6-14(16)5-4-13-8-10-20-11-9-13/h6-7,12-13,20H,1-3,8-11H2. The van der Waals surface area contributed by atoms with Crippen molar-refractivity contribution >= 4 is 17.5 Å². The molecule has 1 N–H and O–H groups in total. The lowest BCUT2D eigenvalue weighted by Crippen LogP contribution is -2.40. The monoisotopic (exact) mass is 314 g/mol. The molecule has 0 spiro atoms. The molecule has 0 aromatic heterocycles. The average Bonchev–Trinajstić information content (AvgIpc) is 2.55. The number of imide groups is 1. The Kier molecular flexibility index (Phi) is 4.73. The highest BCUT2D eigenvalue weighted by Crippen LogP contribution is 2.24. The molecule has 0 bridgehead atoms. The van der Waals surface area contributed by atoms with E-state index in [0.717, 1.165) is 30.8 Å². The highest BCUT2D eigenvalue weighted by molar-refractivity contribution is 6.16. The van der Waals surface area contributed by atoms with Crippen LogP contribution < -0.4 is 10.2 Å². The Labute approximate surface area is 135 Å². The molecule has 0 saturated carbocycles. The SMILES string of the molecule is O=C1CCCC(=O)N1c1ccc(C#CC2CCNCC2)c(F)c1. The van der Waals surface area contributed by atoms with Gasteiger partial charge in [-0.05, 0) is 50.6 Å². The van der Waals surface area contributed by atoms with Gasteiger partial charge in [0.25, 0.3) is 0 Å². The third-order valence-electron chi connectivity index (χ3n) is 4.24. The van der Waals surface area contributed by atoms with Gasteiger partial charge in [0.05, 0.1) is 11.3 Å². The second-order valence-electron chi connectivity index (χ2n) is 5.93. The number of benzene rings is 1. The van der Waals surface area contributed by atoms with Crippen LogP contribution >= 0.6 is 0 Å². The van der Waals surface area contributed by atoms with Crippen LogP contribution in [0.25, 0.3) is 0 Å². The van der Waals surface area contributed by atoms with Crippen LogP contribution in [0.4, 0.5) is 10.1 Å². The molecule has 2 saturated heterocycles. The molecule has 2 aliphatic heterocycles. The quantitative estimate of drug-likeness (QED) is 0.639. The lowest BCUT2D eigenvalue weighted by atomic mass is 9.98. The fourth-order valence-corrected chi connectivity index (χ4v) is 2.93. The Morgan fingerprint density at radius 3 is 2.48 bits per heavy atom. The number of amides is 2. The van der Waals surface area contributed by atoms with Crippen molar-refractivity contribution in [2.75, 3.05) is 18.0 Å². The lowest BCUT2D eigenvalue weighted by Gasteiger charge is -2.24. The number of nitrogens with zero attached hydrogens (tertiary/aromatic N) is 1. The second-order valence-corrected chi connectivity index (χ2v) is 5.93. The van der Waals surface area contributed by atoms with Crippen molar-refractivity contribution in [2.24, 2.45) is 5.92 Å². The van der Waals surface area contributed by atoms with Crippen molar-refractivity contribution in [1.29, 1.82) is 0 Å². The number of anilines is 1. The van der Waals surface area contributed by atoms with Gasteiger partial charge in [0, 0.05) is 18.8 Å². The molecule has 2 aliphatic rings. The predicted molar refractivity (Wildman–Crippen MR) is 85.2 cm³/mol. The highest BCUT2D eigenvalue weighted by Gasteiger charge is 2.27. The van der Waals surface area contributed by atoms with E-state index in [2.05, 4.69) is 17.2 Å². The molecule has 0 radical (unpaired) electrons. The number of halogens is 1. The molecular weight excluding hydrogens is 295 g/mol. The Morgan fingerprint density at radius 2 is 1.83 bits per heavy atom. The zero-order valence-corrected chi connectivity index (χ0v) is 12.9. The van der Waals surface area contributed by atoms with Gasteiger partial charge >= 0.3 is 0 Å². The highest BCUT2D eigenvalue weighted by atomic mass is 19.1. The van der Waals surface area contributed by atoms with Gasteiger partial charge in [-0.3, -0.25) is 14.5 Å².